The van der Waals surface area contributed by atoms with Crippen LogP contribution in [0, 0.1) is 11.3 Å². The van der Waals surface area contributed by atoms with Crippen LogP contribution in [-0.4, -0.2) is 6.61 Å². The Hall–Kier alpha value is -2.51. The predicted octanol–water partition coefficient (Wildman–Crippen LogP) is 5.38. The van der Waals surface area contributed by atoms with Crippen molar-refractivity contribution in [3.63, 3.8) is 0 Å². The molecule has 0 radical (unpaired) electrons. The number of benzene rings is 1. The normalized spacial score (nSPS) is 15.5. The van der Waals surface area contributed by atoms with Crippen LogP contribution in [0.1, 0.15) is 48.8 Å². The molecule has 0 atom stereocenters. The number of nitriles is 1. The Kier molecular flexibility index (Phi) is 4.69. The summed E-state index contributed by atoms with van der Waals surface area (Å²) in [4.78, 5) is 1.21. The summed E-state index contributed by atoms with van der Waals surface area (Å²) in [5, 5.41) is 10.0. The van der Waals surface area contributed by atoms with Crippen molar-refractivity contribution in [2.45, 2.75) is 32.6 Å². The van der Waals surface area contributed by atoms with E-state index in [-0.39, 0.29) is 5.41 Å². The molecule has 1 aliphatic carbocycles. The lowest BCUT2D eigenvalue weighted by Crippen LogP contribution is -2.20. The van der Waals surface area contributed by atoms with Gasteiger partial charge in [-0.15, -0.1) is 11.3 Å². The number of nitrogen functional groups attached to an aromatic ring is 1. The van der Waals surface area contributed by atoms with Gasteiger partial charge in [0.25, 0.3) is 0 Å². The minimum absolute atomic E-state index is 0.0174. The summed E-state index contributed by atoms with van der Waals surface area (Å²) in [6, 6.07) is 10.3. The van der Waals surface area contributed by atoms with E-state index >= 15 is 0 Å². The molecule has 0 unspecified atom stereocenters. The van der Waals surface area contributed by atoms with Crippen LogP contribution in [0.2, 0.25) is 0 Å². The van der Waals surface area contributed by atoms with E-state index < -0.39 is 0 Å². The Balaban J connectivity index is 1.90. The van der Waals surface area contributed by atoms with E-state index in [1.54, 1.807) is 11.3 Å². The smallest absolute Gasteiger partial charge is 0.119 e. The van der Waals surface area contributed by atoms with Crippen molar-refractivity contribution in [2.24, 2.45) is 0 Å². The molecule has 0 fully saturated rings. The Labute approximate surface area is 153 Å². The van der Waals surface area contributed by atoms with Gasteiger partial charge in [0.15, 0.2) is 0 Å². The zero-order valence-corrected chi connectivity index (χ0v) is 15.6. The molecule has 0 bridgehead atoms. The zero-order chi connectivity index (χ0) is 18.0. The average molecular weight is 350 g/mol. The van der Waals surface area contributed by atoms with Crippen molar-refractivity contribution < 1.29 is 4.74 Å². The molecule has 3 rings (SSSR count). The van der Waals surface area contributed by atoms with Gasteiger partial charge < -0.3 is 10.5 Å². The molecule has 0 amide bonds. The van der Waals surface area contributed by atoms with E-state index in [4.69, 9.17) is 10.5 Å². The van der Waals surface area contributed by atoms with E-state index in [2.05, 4.69) is 38.1 Å². The molecule has 25 heavy (non-hydrogen) atoms. The SMILES string of the molecule is CCOc1ccc(C=CC2=Cc3c(sc(N)c3C#N)C(C)(C)C2)cc1. The van der Waals surface area contributed by atoms with E-state index in [0.717, 1.165) is 23.3 Å². The monoisotopic (exact) mass is 350 g/mol. The molecule has 2 aromatic rings. The molecule has 0 aliphatic heterocycles. The highest BCUT2D eigenvalue weighted by molar-refractivity contribution is 7.16. The topological polar surface area (TPSA) is 59.0 Å². The maximum atomic E-state index is 9.41. The number of hydrogen-bond acceptors (Lipinski definition) is 4. The van der Waals surface area contributed by atoms with Crippen LogP contribution in [0.3, 0.4) is 0 Å². The summed E-state index contributed by atoms with van der Waals surface area (Å²) < 4.78 is 5.47. The van der Waals surface area contributed by atoms with Crippen LogP contribution in [0.25, 0.3) is 12.2 Å². The molecule has 128 valence electrons. The van der Waals surface area contributed by atoms with Gasteiger partial charge >= 0.3 is 0 Å². The minimum Gasteiger partial charge on any atom is -0.494 e. The molecular weight excluding hydrogens is 328 g/mol. The number of anilines is 1. The van der Waals surface area contributed by atoms with E-state index in [1.165, 1.54) is 10.5 Å². The average Bonchev–Trinajstić information content (AvgIpc) is 2.90. The second kappa shape index (κ2) is 6.78. The Morgan fingerprint density at radius 2 is 2.00 bits per heavy atom. The van der Waals surface area contributed by atoms with Gasteiger partial charge in [-0.25, -0.2) is 0 Å². The van der Waals surface area contributed by atoms with Crippen LogP contribution in [0.15, 0.2) is 35.9 Å². The number of thiophene rings is 1. The fraction of sp³-hybridized carbons (Fsp3) is 0.286. The molecule has 1 aromatic heterocycles. The summed E-state index contributed by atoms with van der Waals surface area (Å²) in [5.41, 5.74) is 9.96. The second-order valence-corrected chi connectivity index (χ2v) is 7.86. The lowest BCUT2D eigenvalue weighted by Gasteiger charge is -2.29. The summed E-state index contributed by atoms with van der Waals surface area (Å²) in [7, 11) is 0. The minimum atomic E-state index is -0.0174. The van der Waals surface area contributed by atoms with Gasteiger partial charge in [-0.2, -0.15) is 5.26 Å². The van der Waals surface area contributed by atoms with Crippen molar-refractivity contribution in [2.75, 3.05) is 12.3 Å². The highest BCUT2D eigenvalue weighted by Crippen LogP contribution is 2.46. The van der Waals surface area contributed by atoms with Gasteiger partial charge in [-0.1, -0.05) is 38.1 Å². The first kappa shape index (κ1) is 17.3. The first-order valence-corrected chi connectivity index (χ1v) is 9.20. The molecule has 0 saturated heterocycles. The van der Waals surface area contributed by atoms with Crippen LogP contribution in [0.5, 0.6) is 5.75 Å². The van der Waals surface area contributed by atoms with Crippen LogP contribution >= 0.6 is 11.3 Å². The molecular formula is C21H22N2OS. The van der Waals surface area contributed by atoms with E-state index in [0.29, 0.717) is 17.2 Å². The van der Waals surface area contributed by atoms with E-state index in [1.807, 2.05) is 31.2 Å². The third-order valence-electron chi connectivity index (χ3n) is 4.36. The van der Waals surface area contributed by atoms with Gasteiger partial charge in [0, 0.05) is 15.9 Å². The summed E-state index contributed by atoms with van der Waals surface area (Å²) in [6.45, 7) is 7.07. The van der Waals surface area contributed by atoms with Gasteiger partial charge in [-0.05, 0) is 42.7 Å². The largest absolute Gasteiger partial charge is 0.494 e. The number of hydrogen-bond donors (Lipinski definition) is 1. The first-order valence-electron chi connectivity index (χ1n) is 8.39. The lowest BCUT2D eigenvalue weighted by atomic mass is 9.77. The van der Waals surface area contributed by atoms with Crippen LogP contribution in [-0.2, 0) is 5.41 Å². The molecule has 1 heterocycles. The standard InChI is InChI=1S/C21H22N2OS/c1-4-24-16-9-7-14(8-10-16)5-6-15-11-17-18(13-22)20(23)25-19(17)21(2,3)12-15/h5-11H,4,12,23H2,1-3H3. The number of nitrogens with zero attached hydrogens (tertiary/aromatic N) is 1. The number of nitrogens with two attached hydrogens (primary N) is 1. The zero-order valence-electron chi connectivity index (χ0n) is 14.8. The van der Waals surface area contributed by atoms with Gasteiger partial charge in [0.1, 0.15) is 16.8 Å². The van der Waals surface area contributed by atoms with Crippen LogP contribution in [0.4, 0.5) is 5.00 Å². The first-order chi connectivity index (χ1) is 11.9. The quantitative estimate of drug-likeness (QED) is 0.805. The molecule has 1 aliphatic rings. The van der Waals surface area contributed by atoms with Crippen molar-refractivity contribution in [1.82, 2.24) is 0 Å². The fourth-order valence-corrected chi connectivity index (χ4v) is 4.29. The fourth-order valence-electron chi connectivity index (χ4n) is 3.20. The van der Waals surface area contributed by atoms with Crippen molar-refractivity contribution >= 4 is 28.5 Å². The highest BCUT2D eigenvalue weighted by atomic mass is 32.1. The molecule has 1 aromatic carbocycles. The number of fused-ring (bicyclic) bond motifs is 1. The summed E-state index contributed by atoms with van der Waals surface area (Å²) in [6.07, 6.45) is 7.27. The summed E-state index contributed by atoms with van der Waals surface area (Å²) >= 11 is 1.54. The number of allylic oxidation sites excluding steroid dienone is 2. The van der Waals surface area contributed by atoms with Crippen molar-refractivity contribution in [1.29, 1.82) is 5.26 Å². The lowest BCUT2D eigenvalue weighted by molar-refractivity contribution is 0.340. The van der Waals surface area contributed by atoms with Gasteiger partial charge in [0.2, 0.25) is 0 Å². The maximum Gasteiger partial charge on any atom is 0.119 e. The molecule has 0 saturated carbocycles. The maximum absolute atomic E-state index is 9.41. The molecule has 0 spiro atoms. The van der Waals surface area contributed by atoms with Gasteiger partial charge in [-0.3, -0.25) is 0 Å². The van der Waals surface area contributed by atoms with Crippen molar-refractivity contribution in [3.05, 3.63) is 57.5 Å². The highest BCUT2D eigenvalue weighted by Gasteiger charge is 2.32. The third-order valence-corrected chi connectivity index (χ3v) is 5.76. The molecule has 3 nitrogen and oxygen atoms in total. The molecule has 2 N–H and O–H groups in total. The Morgan fingerprint density at radius 1 is 1.28 bits per heavy atom. The summed E-state index contributed by atoms with van der Waals surface area (Å²) in [5.74, 6) is 0.884. The Bertz CT molecular complexity index is 880. The number of rotatable bonds is 4. The third kappa shape index (κ3) is 3.47. The van der Waals surface area contributed by atoms with Gasteiger partial charge in [0.05, 0.1) is 12.2 Å². The number of ether oxygens (including phenoxy) is 1. The predicted molar refractivity (Wildman–Crippen MR) is 106 cm³/mol. The van der Waals surface area contributed by atoms with Crippen LogP contribution < -0.4 is 10.5 Å². The molecule has 4 heteroatoms. The van der Waals surface area contributed by atoms with E-state index in [9.17, 15) is 5.26 Å². The van der Waals surface area contributed by atoms with Crippen molar-refractivity contribution in [3.8, 4) is 11.8 Å². The Morgan fingerprint density at radius 3 is 2.64 bits per heavy atom. The second-order valence-electron chi connectivity index (χ2n) is 6.81.